The van der Waals surface area contributed by atoms with E-state index < -0.39 is 39.9 Å². The summed E-state index contributed by atoms with van der Waals surface area (Å²) in [5.41, 5.74) is 0.340. The van der Waals surface area contributed by atoms with Crippen LogP contribution in [0.2, 0.25) is 0 Å². The number of hydrogen-bond acceptors (Lipinski definition) is 4. The highest BCUT2D eigenvalue weighted by Crippen LogP contribution is 2.25. The van der Waals surface area contributed by atoms with Crippen molar-refractivity contribution >= 4 is 43.5 Å². The molecule has 202 valence electrons. The van der Waals surface area contributed by atoms with Crippen molar-refractivity contribution in [2.45, 2.75) is 50.7 Å². The topological polar surface area (TPSA) is 86.8 Å². The molecule has 0 aliphatic carbocycles. The van der Waals surface area contributed by atoms with Gasteiger partial charge in [-0.3, -0.25) is 13.9 Å². The molecule has 0 saturated carbocycles. The minimum atomic E-state index is -4.19. The van der Waals surface area contributed by atoms with Gasteiger partial charge in [-0.15, -0.1) is 0 Å². The van der Waals surface area contributed by atoms with Crippen LogP contribution in [0.5, 0.6) is 0 Å². The van der Waals surface area contributed by atoms with Gasteiger partial charge < -0.3 is 10.2 Å². The van der Waals surface area contributed by atoms with Crippen LogP contribution in [-0.4, -0.2) is 43.3 Å². The molecule has 2 amide bonds. The summed E-state index contributed by atoms with van der Waals surface area (Å²) in [4.78, 5) is 28.2. The molecule has 0 aliphatic rings. The van der Waals surface area contributed by atoms with E-state index in [1.165, 1.54) is 29.2 Å². The lowest BCUT2D eigenvalue weighted by Gasteiger charge is -2.33. The number of carbonyl (C=O) groups excluding carboxylic acids is 2. The Kier molecular flexibility index (Phi) is 9.32. The molecule has 3 aromatic carbocycles. The van der Waals surface area contributed by atoms with Crippen LogP contribution in [0.1, 0.15) is 33.3 Å². The second-order valence-electron chi connectivity index (χ2n) is 9.87. The van der Waals surface area contributed by atoms with Gasteiger partial charge in [0.1, 0.15) is 18.4 Å². The molecule has 38 heavy (non-hydrogen) atoms. The molecule has 0 heterocycles. The van der Waals surface area contributed by atoms with Crippen LogP contribution in [0.15, 0.2) is 88.2 Å². The fraction of sp³-hybridized carbons (Fsp3) is 0.286. The van der Waals surface area contributed by atoms with Crippen molar-refractivity contribution < 1.29 is 22.4 Å². The van der Waals surface area contributed by atoms with Crippen molar-refractivity contribution in [3.05, 3.63) is 94.7 Å². The molecule has 0 radical (unpaired) electrons. The molecule has 1 atom stereocenters. The maximum atomic E-state index is 13.8. The van der Waals surface area contributed by atoms with E-state index in [-0.39, 0.29) is 23.0 Å². The van der Waals surface area contributed by atoms with Gasteiger partial charge in [-0.05, 0) is 81.8 Å². The molecule has 0 fully saturated rings. The van der Waals surface area contributed by atoms with Crippen LogP contribution in [0.3, 0.4) is 0 Å². The van der Waals surface area contributed by atoms with Crippen molar-refractivity contribution in [2.75, 3.05) is 10.8 Å². The van der Waals surface area contributed by atoms with Crippen LogP contribution < -0.4 is 9.62 Å². The summed E-state index contributed by atoms with van der Waals surface area (Å²) in [5, 5.41) is 2.88. The zero-order valence-electron chi connectivity index (χ0n) is 21.7. The second kappa shape index (κ2) is 12.1. The molecule has 3 rings (SSSR count). The maximum absolute atomic E-state index is 13.8. The molecular weight excluding hydrogens is 573 g/mol. The Balaban J connectivity index is 2.02. The summed E-state index contributed by atoms with van der Waals surface area (Å²) in [6, 6.07) is 19.0. The van der Waals surface area contributed by atoms with Crippen LogP contribution in [0.4, 0.5) is 10.1 Å². The first-order valence-electron chi connectivity index (χ1n) is 12.0. The van der Waals surface area contributed by atoms with E-state index in [1.54, 1.807) is 25.1 Å². The number of nitrogens with zero attached hydrogens (tertiary/aromatic N) is 2. The monoisotopic (exact) mass is 603 g/mol. The lowest BCUT2D eigenvalue weighted by molar-refractivity contribution is -0.140. The van der Waals surface area contributed by atoms with Crippen LogP contribution in [0.25, 0.3) is 0 Å². The largest absolute Gasteiger partial charge is 0.350 e. The number of nitrogens with one attached hydrogen (secondary N) is 1. The maximum Gasteiger partial charge on any atom is 0.264 e. The number of benzene rings is 3. The zero-order valence-corrected chi connectivity index (χ0v) is 24.1. The van der Waals surface area contributed by atoms with Gasteiger partial charge in [-0.2, -0.15) is 0 Å². The number of halogens is 2. The van der Waals surface area contributed by atoms with Gasteiger partial charge in [0, 0.05) is 16.6 Å². The Bertz CT molecular complexity index is 1380. The molecule has 0 bridgehead atoms. The van der Waals surface area contributed by atoms with E-state index in [9.17, 15) is 22.4 Å². The fourth-order valence-corrected chi connectivity index (χ4v) is 5.63. The van der Waals surface area contributed by atoms with Gasteiger partial charge in [0.25, 0.3) is 10.0 Å². The average Bonchev–Trinajstić information content (AvgIpc) is 2.85. The van der Waals surface area contributed by atoms with Crippen molar-refractivity contribution in [2.24, 2.45) is 0 Å². The minimum absolute atomic E-state index is 0.0193. The van der Waals surface area contributed by atoms with Crippen molar-refractivity contribution in [1.29, 1.82) is 0 Å². The SMILES string of the molecule is CC(C(=O)NC(C)(C)C)N(Cc1cccc(Br)c1)C(=O)CN(c1ccc(F)cc1)S(=O)(=O)c1ccccc1. The summed E-state index contributed by atoms with van der Waals surface area (Å²) in [6.07, 6.45) is 0. The summed E-state index contributed by atoms with van der Waals surface area (Å²) < 4.78 is 42.7. The zero-order chi connectivity index (χ0) is 28.1. The highest BCUT2D eigenvalue weighted by molar-refractivity contribution is 9.10. The van der Waals surface area contributed by atoms with E-state index >= 15 is 0 Å². The smallest absolute Gasteiger partial charge is 0.264 e. The normalized spacial score (nSPS) is 12.5. The van der Waals surface area contributed by atoms with Crippen LogP contribution in [-0.2, 0) is 26.2 Å². The lowest BCUT2D eigenvalue weighted by Crippen LogP contribution is -2.54. The predicted molar refractivity (Wildman–Crippen MR) is 149 cm³/mol. The summed E-state index contributed by atoms with van der Waals surface area (Å²) >= 11 is 3.42. The molecule has 0 aliphatic heterocycles. The molecule has 0 spiro atoms. The second-order valence-corrected chi connectivity index (χ2v) is 12.6. The number of sulfonamides is 1. The molecule has 10 heteroatoms. The summed E-state index contributed by atoms with van der Waals surface area (Å²) in [6.45, 7) is 6.58. The van der Waals surface area contributed by atoms with E-state index in [4.69, 9.17) is 0 Å². The van der Waals surface area contributed by atoms with Gasteiger partial charge in [0.2, 0.25) is 11.8 Å². The van der Waals surface area contributed by atoms with Gasteiger partial charge in [0.05, 0.1) is 10.6 Å². The van der Waals surface area contributed by atoms with Gasteiger partial charge in [-0.25, -0.2) is 12.8 Å². The number of rotatable bonds is 9. The number of carbonyl (C=O) groups is 2. The van der Waals surface area contributed by atoms with Gasteiger partial charge in [-0.1, -0.05) is 46.3 Å². The molecule has 1 N–H and O–H groups in total. The summed E-state index contributed by atoms with van der Waals surface area (Å²) in [7, 11) is -4.19. The Morgan fingerprint density at radius 3 is 2.18 bits per heavy atom. The van der Waals surface area contributed by atoms with E-state index in [0.717, 1.165) is 26.5 Å². The van der Waals surface area contributed by atoms with Crippen molar-refractivity contribution in [3.63, 3.8) is 0 Å². The van der Waals surface area contributed by atoms with Crippen molar-refractivity contribution in [1.82, 2.24) is 10.2 Å². The van der Waals surface area contributed by atoms with E-state index in [2.05, 4.69) is 21.2 Å². The fourth-order valence-electron chi connectivity index (χ4n) is 3.74. The first kappa shape index (κ1) is 29.3. The first-order chi connectivity index (χ1) is 17.8. The third kappa shape index (κ3) is 7.64. The van der Waals surface area contributed by atoms with Crippen molar-refractivity contribution in [3.8, 4) is 0 Å². The number of amides is 2. The molecule has 1 unspecified atom stereocenters. The van der Waals surface area contributed by atoms with Crippen LogP contribution in [0, 0.1) is 5.82 Å². The van der Waals surface area contributed by atoms with E-state index in [1.807, 2.05) is 45.0 Å². The summed E-state index contributed by atoms with van der Waals surface area (Å²) in [5.74, 6) is -1.51. The molecule has 7 nitrogen and oxygen atoms in total. The average molecular weight is 605 g/mol. The molecule has 0 saturated heterocycles. The third-order valence-electron chi connectivity index (χ3n) is 5.63. The Hall–Kier alpha value is -3.24. The number of hydrogen-bond donors (Lipinski definition) is 1. The predicted octanol–water partition coefficient (Wildman–Crippen LogP) is 5.12. The van der Waals surface area contributed by atoms with Gasteiger partial charge in [0.15, 0.2) is 0 Å². The highest BCUT2D eigenvalue weighted by atomic mass is 79.9. The first-order valence-corrected chi connectivity index (χ1v) is 14.2. The Labute approximate surface area is 231 Å². The Morgan fingerprint density at radius 2 is 1.61 bits per heavy atom. The van der Waals surface area contributed by atoms with E-state index in [0.29, 0.717) is 0 Å². The van der Waals surface area contributed by atoms with Crippen LogP contribution >= 0.6 is 15.9 Å². The number of anilines is 1. The van der Waals surface area contributed by atoms with Gasteiger partial charge >= 0.3 is 0 Å². The quantitative estimate of drug-likeness (QED) is 0.368. The third-order valence-corrected chi connectivity index (χ3v) is 7.91. The lowest BCUT2D eigenvalue weighted by atomic mass is 10.1. The standard InChI is InChI=1S/C28H31BrFN3O4S/c1-20(27(35)31-28(2,3)4)32(18-21-9-8-10-22(29)17-21)26(34)19-33(24-15-13-23(30)14-16-24)38(36,37)25-11-6-5-7-12-25/h5-17,20H,18-19H2,1-4H3,(H,31,35). The molecule has 3 aromatic rings. The molecule has 0 aromatic heterocycles. The molecular formula is C28H31BrFN3O4S. The Morgan fingerprint density at radius 1 is 0.974 bits per heavy atom. The minimum Gasteiger partial charge on any atom is -0.350 e. The highest BCUT2D eigenvalue weighted by Gasteiger charge is 2.33.